The quantitative estimate of drug-likeness (QED) is 0.456. The average Bonchev–Trinajstić information content (AvgIpc) is 1.36. The largest absolute Gasteiger partial charge is 0.510 e. The number of hydrogen-bond acceptors (Lipinski definition) is 2. The number of aliphatic hydroxyl groups excluding tert-OH is 2. The Labute approximate surface area is 36.7 Å². The van der Waals surface area contributed by atoms with Crippen molar-refractivity contribution in [2.24, 2.45) is 0 Å². The number of aliphatic hydroxyl groups is 2. The lowest BCUT2D eigenvalue weighted by molar-refractivity contribution is 0.171. The predicted molar refractivity (Wildman–Crippen MR) is 23.4 cm³/mol. The first-order chi connectivity index (χ1) is 2.64. The van der Waals surface area contributed by atoms with E-state index in [0.29, 0.717) is 0 Å². The monoisotopic (exact) mass is 88.1 g/mol. The van der Waals surface area contributed by atoms with Crippen LogP contribution in [0.2, 0.25) is 0 Å². The highest BCUT2D eigenvalue weighted by molar-refractivity contribution is 4.84. The van der Waals surface area contributed by atoms with Gasteiger partial charge >= 0.3 is 0 Å². The van der Waals surface area contributed by atoms with Crippen molar-refractivity contribution < 1.29 is 10.2 Å². The number of rotatable bonds is 1. The summed E-state index contributed by atoms with van der Waals surface area (Å²) >= 11 is 0. The molecule has 2 N–H and O–H groups in total. The molecule has 0 bridgehead atoms. The molecule has 0 spiro atoms. The van der Waals surface area contributed by atoms with E-state index in [1.807, 2.05) is 0 Å². The van der Waals surface area contributed by atoms with Gasteiger partial charge in [-0.2, -0.15) is 0 Å². The molecule has 0 aliphatic carbocycles. The van der Waals surface area contributed by atoms with Gasteiger partial charge in [0.2, 0.25) is 0 Å². The smallest absolute Gasteiger partial charge is 0.113 e. The minimum atomic E-state index is -0.787. The molecule has 0 rings (SSSR count). The van der Waals surface area contributed by atoms with Crippen LogP contribution < -0.4 is 0 Å². The predicted octanol–water partition coefficient (Wildman–Crippen LogP) is 0.439. The first-order valence-electron chi connectivity index (χ1n) is 1.70. The fraction of sp³-hybridized carbons (Fsp3) is 0.500. The maximum absolute atomic E-state index is 8.28. The molecule has 0 fully saturated rings. The summed E-state index contributed by atoms with van der Waals surface area (Å²) in [7, 11) is 0. The lowest BCUT2D eigenvalue weighted by Crippen LogP contribution is -2.00. The normalized spacial score (nSPS) is 13.7. The minimum Gasteiger partial charge on any atom is -0.510 e. The Morgan fingerprint density at radius 2 is 2.00 bits per heavy atom. The maximum atomic E-state index is 8.28. The second-order valence-corrected chi connectivity index (χ2v) is 1.17. The van der Waals surface area contributed by atoms with Crippen molar-refractivity contribution in [3.05, 3.63) is 12.3 Å². The van der Waals surface area contributed by atoms with E-state index in [1.54, 1.807) is 0 Å². The summed E-state index contributed by atoms with van der Waals surface area (Å²) < 4.78 is 0. The van der Waals surface area contributed by atoms with Crippen LogP contribution in [0.5, 0.6) is 0 Å². The highest BCUT2D eigenvalue weighted by Gasteiger charge is 1.93. The first kappa shape index (κ1) is 5.50. The van der Waals surface area contributed by atoms with E-state index in [4.69, 9.17) is 10.2 Å². The molecular weight excluding hydrogens is 80.0 g/mol. The molecule has 0 aromatic rings. The number of hydrogen-bond donors (Lipinski definition) is 2. The van der Waals surface area contributed by atoms with Gasteiger partial charge in [0, 0.05) is 0 Å². The average molecular weight is 88.1 g/mol. The molecule has 0 saturated carbocycles. The van der Waals surface area contributed by atoms with E-state index in [-0.39, 0.29) is 5.76 Å². The Morgan fingerprint density at radius 3 is 2.00 bits per heavy atom. The summed E-state index contributed by atoms with van der Waals surface area (Å²) in [5.74, 6) is -0.185. The Morgan fingerprint density at radius 1 is 1.83 bits per heavy atom. The van der Waals surface area contributed by atoms with Crippen LogP contribution in [0, 0.1) is 0 Å². The van der Waals surface area contributed by atoms with Gasteiger partial charge in [0.1, 0.15) is 11.9 Å². The van der Waals surface area contributed by atoms with Crippen molar-refractivity contribution in [1.82, 2.24) is 0 Å². The van der Waals surface area contributed by atoms with Crippen LogP contribution >= 0.6 is 0 Å². The summed E-state index contributed by atoms with van der Waals surface area (Å²) in [4.78, 5) is 0. The summed E-state index contributed by atoms with van der Waals surface area (Å²) in [6.45, 7) is 4.51. The third-order valence-electron chi connectivity index (χ3n) is 0.482. The molecule has 0 heterocycles. The zero-order chi connectivity index (χ0) is 5.15. The van der Waals surface area contributed by atoms with Gasteiger partial charge in [-0.25, -0.2) is 0 Å². The third kappa shape index (κ3) is 1.79. The van der Waals surface area contributed by atoms with Gasteiger partial charge in [0.05, 0.1) is 0 Å². The standard InChI is InChI=1S/C4H8O2/c1-3(5)4(2)6/h4-6H,1H2,2H3. The summed E-state index contributed by atoms with van der Waals surface area (Å²) in [6, 6.07) is 0. The molecule has 0 saturated heterocycles. The first-order valence-corrected chi connectivity index (χ1v) is 1.70. The fourth-order valence-electron chi connectivity index (χ4n) is 0. The van der Waals surface area contributed by atoms with Crippen molar-refractivity contribution in [3.63, 3.8) is 0 Å². The lowest BCUT2D eigenvalue weighted by Gasteiger charge is -1.95. The van der Waals surface area contributed by atoms with Crippen LogP contribution in [0.25, 0.3) is 0 Å². The molecule has 1 unspecified atom stereocenters. The van der Waals surface area contributed by atoms with Gasteiger partial charge in [0.25, 0.3) is 0 Å². The zero-order valence-electron chi connectivity index (χ0n) is 3.68. The third-order valence-corrected chi connectivity index (χ3v) is 0.482. The molecule has 2 nitrogen and oxygen atoms in total. The fourth-order valence-corrected chi connectivity index (χ4v) is 0. The van der Waals surface area contributed by atoms with Crippen molar-refractivity contribution in [2.45, 2.75) is 13.0 Å². The van der Waals surface area contributed by atoms with Gasteiger partial charge in [0.15, 0.2) is 0 Å². The maximum Gasteiger partial charge on any atom is 0.113 e. The highest BCUT2D eigenvalue weighted by Crippen LogP contribution is 1.88. The van der Waals surface area contributed by atoms with Crippen molar-refractivity contribution >= 4 is 0 Å². The van der Waals surface area contributed by atoms with Crippen LogP contribution in [0.3, 0.4) is 0 Å². The van der Waals surface area contributed by atoms with E-state index in [2.05, 4.69) is 6.58 Å². The zero-order valence-corrected chi connectivity index (χ0v) is 3.68. The van der Waals surface area contributed by atoms with Crippen molar-refractivity contribution in [3.8, 4) is 0 Å². The van der Waals surface area contributed by atoms with Crippen LogP contribution in [-0.4, -0.2) is 16.3 Å². The molecule has 0 aliphatic rings. The van der Waals surface area contributed by atoms with Crippen LogP contribution in [-0.2, 0) is 0 Å². The van der Waals surface area contributed by atoms with Gasteiger partial charge < -0.3 is 10.2 Å². The van der Waals surface area contributed by atoms with E-state index >= 15 is 0 Å². The van der Waals surface area contributed by atoms with Gasteiger partial charge in [-0.15, -0.1) is 0 Å². The van der Waals surface area contributed by atoms with Crippen LogP contribution in [0.4, 0.5) is 0 Å². The minimum absolute atomic E-state index is 0.185. The second-order valence-electron chi connectivity index (χ2n) is 1.17. The Balaban J connectivity index is 3.26. The molecule has 36 valence electrons. The van der Waals surface area contributed by atoms with Crippen LogP contribution in [0.1, 0.15) is 6.92 Å². The molecule has 6 heavy (non-hydrogen) atoms. The highest BCUT2D eigenvalue weighted by atomic mass is 16.3. The Kier molecular flexibility index (Phi) is 1.67. The topological polar surface area (TPSA) is 40.5 Å². The summed E-state index contributed by atoms with van der Waals surface area (Å²) in [5.41, 5.74) is 0. The van der Waals surface area contributed by atoms with Crippen molar-refractivity contribution in [2.75, 3.05) is 0 Å². The molecule has 0 aliphatic heterocycles. The van der Waals surface area contributed by atoms with Gasteiger partial charge in [-0.1, -0.05) is 6.58 Å². The van der Waals surface area contributed by atoms with E-state index < -0.39 is 6.10 Å². The summed E-state index contributed by atoms with van der Waals surface area (Å²) in [6.07, 6.45) is -0.787. The van der Waals surface area contributed by atoms with E-state index in [0.717, 1.165) is 0 Å². The lowest BCUT2D eigenvalue weighted by atomic mass is 10.4. The molecular formula is C4H8O2. The van der Waals surface area contributed by atoms with Crippen LogP contribution in [0.15, 0.2) is 12.3 Å². The molecule has 1 atom stereocenters. The molecule has 0 aromatic carbocycles. The van der Waals surface area contributed by atoms with Crippen molar-refractivity contribution in [1.29, 1.82) is 0 Å². The molecule has 0 radical (unpaired) electrons. The second kappa shape index (κ2) is 1.82. The Hall–Kier alpha value is -0.500. The van der Waals surface area contributed by atoms with E-state index in [1.165, 1.54) is 6.92 Å². The molecule has 0 aromatic heterocycles. The Bertz CT molecular complexity index is 56.6. The van der Waals surface area contributed by atoms with E-state index in [9.17, 15) is 0 Å². The SMILES string of the molecule is C=C(O)C(C)O. The van der Waals surface area contributed by atoms with Gasteiger partial charge in [-0.3, -0.25) is 0 Å². The molecule has 0 amide bonds. The molecule has 2 heteroatoms. The van der Waals surface area contributed by atoms with Gasteiger partial charge in [-0.05, 0) is 6.92 Å². The summed E-state index contributed by atoms with van der Waals surface area (Å²) in [5, 5.41) is 16.5.